The van der Waals surface area contributed by atoms with Crippen molar-refractivity contribution < 1.29 is 4.74 Å². The van der Waals surface area contributed by atoms with Gasteiger partial charge in [0.1, 0.15) is 6.61 Å². The molecular formula is C13H24N2O. The van der Waals surface area contributed by atoms with Gasteiger partial charge in [0.15, 0.2) is 5.90 Å². The molecule has 0 spiro atoms. The van der Waals surface area contributed by atoms with E-state index in [1.807, 2.05) is 0 Å². The Morgan fingerprint density at radius 3 is 2.81 bits per heavy atom. The summed E-state index contributed by atoms with van der Waals surface area (Å²) < 4.78 is 5.65. The second-order valence-electron chi connectivity index (χ2n) is 5.42. The van der Waals surface area contributed by atoms with Gasteiger partial charge in [0.05, 0.1) is 6.04 Å². The van der Waals surface area contributed by atoms with Gasteiger partial charge in [0, 0.05) is 13.0 Å². The molecule has 0 bridgehead atoms. The molecule has 1 atom stereocenters. The van der Waals surface area contributed by atoms with E-state index >= 15 is 0 Å². The first-order chi connectivity index (χ1) is 7.74. The molecule has 0 aromatic carbocycles. The van der Waals surface area contributed by atoms with Gasteiger partial charge >= 0.3 is 0 Å². The Morgan fingerprint density at radius 2 is 2.12 bits per heavy atom. The van der Waals surface area contributed by atoms with E-state index in [9.17, 15) is 0 Å². The molecule has 92 valence electrons. The molecule has 0 aromatic rings. The first-order valence-corrected chi connectivity index (χ1v) is 6.66. The zero-order valence-corrected chi connectivity index (χ0v) is 10.6. The second kappa shape index (κ2) is 5.67. The van der Waals surface area contributed by atoms with E-state index in [-0.39, 0.29) is 0 Å². The van der Waals surface area contributed by atoms with E-state index in [4.69, 9.17) is 4.74 Å². The maximum atomic E-state index is 5.65. The Labute approximate surface area is 98.9 Å². The molecule has 2 rings (SSSR count). The normalized spacial score (nSPS) is 26.2. The van der Waals surface area contributed by atoms with Gasteiger partial charge in [-0.05, 0) is 38.3 Å². The van der Waals surface area contributed by atoms with Crippen molar-refractivity contribution in [2.24, 2.45) is 10.9 Å². The third kappa shape index (κ3) is 3.48. The topological polar surface area (TPSA) is 24.8 Å². The second-order valence-corrected chi connectivity index (χ2v) is 5.42. The number of rotatable bonds is 5. The summed E-state index contributed by atoms with van der Waals surface area (Å²) in [6, 6.07) is 0.425. The lowest BCUT2D eigenvalue weighted by Crippen LogP contribution is -2.22. The van der Waals surface area contributed by atoms with Crippen molar-refractivity contribution in [2.45, 2.75) is 45.6 Å². The first kappa shape index (κ1) is 11.9. The van der Waals surface area contributed by atoms with Crippen LogP contribution in [0.15, 0.2) is 4.99 Å². The zero-order valence-electron chi connectivity index (χ0n) is 10.6. The largest absolute Gasteiger partial charge is 0.479 e. The molecule has 0 N–H and O–H groups in total. The lowest BCUT2D eigenvalue weighted by atomic mass is 10.1. The molecule has 0 saturated carbocycles. The molecule has 0 unspecified atom stereocenters. The van der Waals surface area contributed by atoms with Crippen LogP contribution in [0.1, 0.15) is 39.5 Å². The van der Waals surface area contributed by atoms with Crippen LogP contribution in [0, 0.1) is 5.92 Å². The number of likely N-dealkylation sites (tertiary alicyclic amines) is 1. The van der Waals surface area contributed by atoms with Gasteiger partial charge in [-0.15, -0.1) is 0 Å². The van der Waals surface area contributed by atoms with E-state index < -0.39 is 0 Å². The van der Waals surface area contributed by atoms with Gasteiger partial charge in [-0.3, -0.25) is 0 Å². The van der Waals surface area contributed by atoms with E-state index in [1.165, 1.54) is 25.9 Å². The average Bonchev–Trinajstić information content (AvgIpc) is 2.84. The maximum Gasteiger partial charge on any atom is 0.184 e. The van der Waals surface area contributed by atoms with Crippen molar-refractivity contribution in [3.63, 3.8) is 0 Å². The quantitative estimate of drug-likeness (QED) is 0.716. The lowest BCUT2D eigenvalue weighted by Gasteiger charge is -2.13. The molecule has 0 aromatic heterocycles. The van der Waals surface area contributed by atoms with Crippen molar-refractivity contribution in [1.82, 2.24) is 4.90 Å². The summed E-state index contributed by atoms with van der Waals surface area (Å²) in [5.41, 5.74) is 0. The van der Waals surface area contributed by atoms with Crippen LogP contribution in [0.4, 0.5) is 0 Å². The van der Waals surface area contributed by atoms with E-state index in [0.717, 1.165) is 37.8 Å². The summed E-state index contributed by atoms with van der Waals surface area (Å²) in [5.74, 6) is 1.72. The third-order valence-corrected chi connectivity index (χ3v) is 3.35. The summed E-state index contributed by atoms with van der Waals surface area (Å²) in [7, 11) is 0. The van der Waals surface area contributed by atoms with Crippen molar-refractivity contribution in [2.75, 3.05) is 26.2 Å². The first-order valence-electron chi connectivity index (χ1n) is 6.66. The van der Waals surface area contributed by atoms with Crippen molar-refractivity contribution in [1.29, 1.82) is 0 Å². The van der Waals surface area contributed by atoms with Crippen LogP contribution in [0.2, 0.25) is 0 Å². The fourth-order valence-corrected chi connectivity index (χ4v) is 2.53. The molecule has 16 heavy (non-hydrogen) atoms. The Balaban J connectivity index is 1.69. The minimum absolute atomic E-state index is 0.425. The zero-order chi connectivity index (χ0) is 11.4. The lowest BCUT2D eigenvalue weighted by molar-refractivity contribution is 0.284. The van der Waals surface area contributed by atoms with Gasteiger partial charge < -0.3 is 9.64 Å². The van der Waals surface area contributed by atoms with Crippen LogP contribution in [0.5, 0.6) is 0 Å². The fourth-order valence-electron chi connectivity index (χ4n) is 2.53. The fraction of sp³-hybridized carbons (Fsp3) is 0.923. The number of hydrogen-bond donors (Lipinski definition) is 0. The molecule has 0 radical (unpaired) electrons. The van der Waals surface area contributed by atoms with E-state index in [1.54, 1.807) is 0 Å². The van der Waals surface area contributed by atoms with Gasteiger partial charge in [0.2, 0.25) is 0 Å². The van der Waals surface area contributed by atoms with Crippen LogP contribution in [0.3, 0.4) is 0 Å². The number of ether oxygens (including phenoxy) is 1. The van der Waals surface area contributed by atoms with Crippen LogP contribution in [-0.4, -0.2) is 43.1 Å². The standard InChI is InChI=1S/C13H24N2O/c1-11(2)9-12-10-16-13(14-12)5-8-15-6-3-4-7-15/h11-12H,3-10H2,1-2H3/t12-/m0/s1. The molecule has 2 aliphatic heterocycles. The average molecular weight is 224 g/mol. The van der Waals surface area contributed by atoms with Gasteiger partial charge in [-0.25, -0.2) is 4.99 Å². The Bertz CT molecular complexity index is 244. The van der Waals surface area contributed by atoms with Gasteiger partial charge in [0.25, 0.3) is 0 Å². The predicted molar refractivity (Wildman–Crippen MR) is 66.9 cm³/mol. The summed E-state index contributed by atoms with van der Waals surface area (Å²) in [4.78, 5) is 7.17. The van der Waals surface area contributed by atoms with Crippen LogP contribution >= 0.6 is 0 Å². The highest BCUT2D eigenvalue weighted by Gasteiger charge is 2.20. The minimum Gasteiger partial charge on any atom is -0.479 e. The third-order valence-electron chi connectivity index (χ3n) is 3.35. The highest BCUT2D eigenvalue weighted by molar-refractivity contribution is 5.77. The van der Waals surface area contributed by atoms with Crippen LogP contribution < -0.4 is 0 Å². The molecule has 3 heteroatoms. The number of aliphatic imine (C=N–C) groups is 1. The van der Waals surface area contributed by atoms with Crippen molar-refractivity contribution in [3.8, 4) is 0 Å². The minimum atomic E-state index is 0.425. The molecular weight excluding hydrogens is 200 g/mol. The van der Waals surface area contributed by atoms with Crippen molar-refractivity contribution >= 4 is 5.90 Å². The molecule has 1 saturated heterocycles. The maximum absolute atomic E-state index is 5.65. The number of nitrogens with zero attached hydrogens (tertiary/aromatic N) is 2. The van der Waals surface area contributed by atoms with E-state index in [0.29, 0.717) is 6.04 Å². The monoisotopic (exact) mass is 224 g/mol. The van der Waals surface area contributed by atoms with Gasteiger partial charge in [-0.2, -0.15) is 0 Å². The molecule has 2 aliphatic rings. The highest BCUT2D eigenvalue weighted by atomic mass is 16.5. The molecule has 0 aliphatic carbocycles. The van der Waals surface area contributed by atoms with Crippen LogP contribution in [0.25, 0.3) is 0 Å². The summed E-state index contributed by atoms with van der Waals surface area (Å²) in [6.45, 7) is 8.97. The predicted octanol–water partition coefficient (Wildman–Crippen LogP) is 2.32. The summed E-state index contributed by atoms with van der Waals surface area (Å²) in [5, 5.41) is 0. The van der Waals surface area contributed by atoms with Gasteiger partial charge in [-0.1, -0.05) is 13.8 Å². The number of hydrogen-bond acceptors (Lipinski definition) is 3. The van der Waals surface area contributed by atoms with E-state index in [2.05, 4.69) is 23.7 Å². The van der Waals surface area contributed by atoms with Crippen LogP contribution in [-0.2, 0) is 4.74 Å². The molecule has 3 nitrogen and oxygen atoms in total. The summed E-state index contributed by atoms with van der Waals surface area (Å²) >= 11 is 0. The smallest absolute Gasteiger partial charge is 0.184 e. The Morgan fingerprint density at radius 1 is 1.38 bits per heavy atom. The Hall–Kier alpha value is -0.570. The summed E-state index contributed by atoms with van der Waals surface area (Å²) in [6.07, 6.45) is 4.90. The highest BCUT2D eigenvalue weighted by Crippen LogP contribution is 2.16. The SMILES string of the molecule is CC(C)C[C@H]1COC(CCN2CCCC2)=N1. The Kier molecular flexibility index (Phi) is 4.22. The molecule has 1 fully saturated rings. The molecule has 0 amide bonds. The molecule has 2 heterocycles. The van der Waals surface area contributed by atoms with Crippen molar-refractivity contribution in [3.05, 3.63) is 0 Å².